The summed E-state index contributed by atoms with van der Waals surface area (Å²) in [7, 11) is 0. The maximum Gasteiger partial charge on any atom is 0.0466 e. The molecule has 1 aromatic heterocycles. The lowest BCUT2D eigenvalue weighted by Crippen LogP contribution is -2.56. The van der Waals surface area contributed by atoms with Gasteiger partial charge in [0.15, 0.2) is 0 Å². The van der Waals surface area contributed by atoms with E-state index in [1.165, 1.54) is 5.56 Å². The van der Waals surface area contributed by atoms with Crippen molar-refractivity contribution in [3.63, 3.8) is 0 Å². The molecule has 2 heterocycles. The van der Waals surface area contributed by atoms with E-state index in [2.05, 4.69) is 35.5 Å². The van der Waals surface area contributed by atoms with Gasteiger partial charge in [-0.05, 0) is 25.5 Å². The van der Waals surface area contributed by atoms with Gasteiger partial charge in [-0.1, -0.05) is 6.07 Å². The van der Waals surface area contributed by atoms with E-state index in [1.807, 2.05) is 18.5 Å². The van der Waals surface area contributed by atoms with Gasteiger partial charge in [0, 0.05) is 37.1 Å². The second kappa shape index (κ2) is 3.67. The van der Waals surface area contributed by atoms with Gasteiger partial charge in [-0.3, -0.25) is 4.98 Å². The van der Waals surface area contributed by atoms with E-state index >= 15 is 0 Å². The number of hydrogen-bond acceptors (Lipinski definition) is 3. The Kier molecular flexibility index (Phi) is 2.52. The third-order valence-corrected chi connectivity index (χ3v) is 2.57. The maximum atomic E-state index is 4.14. The molecule has 0 radical (unpaired) electrons. The highest BCUT2D eigenvalue weighted by Crippen LogP contribution is 2.18. The van der Waals surface area contributed by atoms with Crippen LogP contribution in [0.4, 0.5) is 0 Å². The van der Waals surface area contributed by atoms with Crippen LogP contribution in [0.3, 0.4) is 0 Å². The fraction of sp³-hybridized carbons (Fsp3) is 0.545. The van der Waals surface area contributed by atoms with Crippen molar-refractivity contribution in [2.75, 3.05) is 13.1 Å². The first-order valence-corrected chi connectivity index (χ1v) is 5.06. The largest absolute Gasteiger partial charge is 0.313 e. The Morgan fingerprint density at radius 2 is 2.36 bits per heavy atom. The highest BCUT2D eigenvalue weighted by Gasteiger charge is 2.27. The van der Waals surface area contributed by atoms with Crippen LogP contribution in [-0.4, -0.2) is 23.6 Å². The Morgan fingerprint density at radius 3 is 3.00 bits per heavy atom. The maximum absolute atomic E-state index is 4.14. The van der Waals surface area contributed by atoms with Crippen molar-refractivity contribution in [3.8, 4) is 0 Å². The fourth-order valence-corrected chi connectivity index (χ4v) is 1.89. The first-order chi connectivity index (χ1) is 6.67. The summed E-state index contributed by atoms with van der Waals surface area (Å²) in [6.45, 7) is 6.42. The summed E-state index contributed by atoms with van der Waals surface area (Å²) in [5, 5.41) is 7.04. The van der Waals surface area contributed by atoms with Gasteiger partial charge in [0.25, 0.3) is 0 Å². The topological polar surface area (TPSA) is 37.0 Å². The third-order valence-electron chi connectivity index (χ3n) is 2.57. The van der Waals surface area contributed by atoms with Crippen LogP contribution in [-0.2, 0) is 0 Å². The molecule has 0 aromatic carbocycles. The van der Waals surface area contributed by atoms with Crippen molar-refractivity contribution in [2.45, 2.75) is 25.4 Å². The summed E-state index contributed by atoms with van der Waals surface area (Å²) in [6.07, 6.45) is 3.74. The molecular weight excluding hydrogens is 174 g/mol. The Balaban J connectivity index is 2.12. The molecular formula is C11H17N3. The zero-order valence-corrected chi connectivity index (χ0v) is 8.75. The molecule has 0 aliphatic carbocycles. The van der Waals surface area contributed by atoms with Gasteiger partial charge in [-0.15, -0.1) is 0 Å². The molecule has 1 aliphatic rings. The molecule has 1 aromatic rings. The standard InChI is InChI=1S/C11H17N3/c1-11(2)8-13-7-10(14-11)9-4-3-5-12-6-9/h3-6,10,13-14H,7-8H2,1-2H3. The van der Waals surface area contributed by atoms with Gasteiger partial charge in [-0.25, -0.2) is 0 Å². The second-order valence-electron chi connectivity index (χ2n) is 4.50. The molecule has 1 aliphatic heterocycles. The van der Waals surface area contributed by atoms with Crippen molar-refractivity contribution < 1.29 is 0 Å². The normalized spacial score (nSPS) is 26.0. The molecule has 3 nitrogen and oxygen atoms in total. The molecule has 76 valence electrons. The average molecular weight is 191 g/mol. The van der Waals surface area contributed by atoms with E-state index in [4.69, 9.17) is 0 Å². The van der Waals surface area contributed by atoms with E-state index in [-0.39, 0.29) is 5.54 Å². The van der Waals surface area contributed by atoms with Crippen LogP contribution in [0.25, 0.3) is 0 Å². The Morgan fingerprint density at radius 1 is 1.50 bits per heavy atom. The number of hydrogen-bond donors (Lipinski definition) is 2. The van der Waals surface area contributed by atoms with Crippen molar-refractivity contribution in [1.29, 1.82) is 0 Å². The molecule has 0 saturated carbocycles. The molecule has 14 heavy (non-hydrogen) atoms. The minimum atomic E-state index is 0.165. The molecule has 0 bridgehead atoms. The third kappa shape index (κ3) is 2.11. The summed E-state index contributed by atoms with van der Waals surface area (Å²) in [6, 6.07) is 4.49. The van der Waals surface area contributed by atoms with E-state index < -0.39 is 0 Å². The Bertz CT molecular complexity index is 295. The summed E-state index contributed by atoms with van der Waals surface area (Å²) in [4.78, 5) is 4.14. The lowest BCUT2D eigenvalue weighted by molar-refractivity contribution is 0.264. The van der Waals surface area contributed by atoms with Crippen LogP contribution in [0, 0.1) is 0 Å². The monoisotopic (exact) mass is 191 g/mol. The predicted molar refractivity (Wildman–Crippen MR) is 57.1 cm³/mol. The molecule has 1 unspecified atom stereocenters. The number of rotatable bonds is 1. The predicted octanol–water partition coefficient (Wildman–Crippen LogP) is 1.09. The fourth-order valence-electron chi connectivity index (χ4n) is 1.89. The van der Waals surface area contributed by atoms with E-state index in [0.29, 0.717) is 6.04 Å². The Labute approximate surface area is 84.9 Å². The first kappa shape index (κ1) is 9.62. The molecule has 3 heteroatoms. The lowest BCUT2D eigenvalue weighted by atomic mass is 9.97. The van der Waals surface area contributed by atoms with Crippen LogP contribution in [0.5, 0.6) is 0 Å². The quantitative estimate of drug-likeness (QED) is 0.698. The summed E-state index contributed by atoms with van der Waals surface area (Å²) >= 11 is 0. The highest BCUT2D eigenvalue weighted by molar-refractivity contribution is 5.16. The molecule has 0 amide bonds. The van der Waals surface area contributed by atoms with E-state index in [0.717, 1.165) is 13.1 Å². The number of nitrogens with one attached hydrogen (secondary N) is 2. The minimum Gasteiger partial charge on any atom is -0.313 e. The van der Waals surface area contributed by atoms with Gasteiger partial charge in [-0.2, -0.15) is 0 Å². The van der Waals surface area contributed by atoms with E-state index in [9.17, 15) is 0 Å². The number of pyridine rings is 1. The van der Waals surface area contributed by atoms with Crippen LogP contribution in [0.2, 0.25) is 0 Å². The van der Waals surface area contributed by atoms with Gasteiger partial charge < -0.3 is 10.6 Å². The summed E-state index contributed by atoms with van der Waals surface area (Å²) < 4.78 is 0. The van der Waals surface area contributed by atoms with Crippen molar-refractivity contribution in [2.24, 2.45) is 0 Å². The molecule has 2 rings (SSSR count). The zero-order chi connectivity index (χ0) is 10.0. The highest BCUT2D eigenvalue weighted by atomic mass is 15.1. The van der Waals surface area contributed by atoms with Gasteiger partial charge in [0.05, 0.1) is 0 Å². The summed E-state index contributed by atoms with van der Waals surface area (Å²) in [5.41, 5.74) is 1.42. The molecule has 1 saturated heterocycles. The van der Waals surface area contributed by atoms with Gasteiger partial charge >= 0.3 is 0 Å². The van der Waals surface area contributed by atoms with Crippen LogP contribution >= 0.6 is 0 Å². The van der Waals surface area contributed by atoms with Crippen molar-refractivity contribution >= 4 is 0 Å². The second-order valence-corrected chi connectivity index (χ2v) is 4.50. The van der Waals surface area contributed by atoms with Crippen LogP contribution in [0.1, 0.15) is 25.5 Å². The van der Waals surface area contributed by atoms with Crippen LogP contribution < -0.4 is 10.6 Å². The Hall–Kier alpha value is -0.930. The molecule has 1 atom stereocenters. The van der Waals surface area contributed by atoms with Crippen molar-refractivity contribution in [3.05, 3.63) is 30.1 Å². The first-order valence-electron chi connectivity index (χ1n) is 5.06. The zero-order valence-electron chi connectivity index (χ0n) is 8.75. The van der Waals surface area contributed by atoms with Gasteiger partial charge in [0.2, 0.25) is 0 Å². The minimum absolute atomic E-state index is 0.165. The SMILES string of the molecule is CC1(C)CNCC(c2cccnc2)N1. The van der Waals surface area contributed by atoms with Gasteiger partial charge in [0.1, 0.15) is 0 Å². The van der Waals surface area contributed by atoms with E-state index in [1.54, 1.807) is 0 Å². The average Bonchev–Trinajstić information content (AvgIpc) is 2.18. The lowest BCUT2D eigenvalue weighted by Gasteiger charge is -2.37. The molecule has 0 spiro atoms. The van der Waals surface area contributed by atoms with Crippen LogP contribution in [0.15, 0.2) is 24.5 Å². The summed E-state index contributed by atoms with van der Waals surface area (Å²) in [5.74, 6) is 0. The molecule has 1 fully saturated rings. The van der Waals surface area contributed by atoms with Crippen molar-refractivity contribution in [1.82, 2.24) is 15.6 Å². The number of piperazine rings is 1. The smallest absolute Gasteiger partial charge is 0.0466 e. The number of nitrogens with zero attached hydrogens (tertiary/aromatic N) is 1. The molecule has 2 N–H and O–H groups in total. The number of aromatic nitrogens is 1.